The maximum absolute atomic E-state index is 14.2. The monoisotopic (exact) mass is 476 g/mol. The van der Waals surface area contributed by atoms with Gasteiger partial charge in [-0.2, -0.15) is 0 Å². The minimum atomic E-state index is -1.03. The van der Waals surface area contributed by atoms with E-state index in [1.165, 1.54) is 12.1 Å². The van der Waals surface area contributed by atoms with Gasteiger partial charge in [0.05, 0.1) is 5.92 Å². The Balaban J connectivity index is 1.68. The maximum Gasteiger partial charge on any atom is 0.225 e. The van der Waals surface area contributed by atoms with Gasteiger partial charge in [-0.25, -0.2) is 19.3 Å². The van der Waals surface area contributed by atoms with Gasteiger partial charge in [0.25, 0.3) is 0 Å². The number of fused-ring (bicyclic) bond motifs is 1. The van der Waals surface area contributed by atoms with Gasteiger partial charge in [0, 0.05) is 18.2 Å². The number of hydrogen-bond donors (Lipinski definition) is 3. The molecule has 1 aromatic carbocycles. The fraction of sp³-hybridized carbons (Fsp3) is 0.462. The lowest BCUT2D eigenvalue weighted by molar-refractivity contribution is -0.125. The fourth-order valence-corrected chi connectivity index (χ4v) is 5.31. The molecule has 2 heterocycles. The molecule has 2 unspecified atom stereocenters. The minimum absolute atomic E-state index is 0.0208. The zero-order valence-electron chi connectivity index (χ0n) is 19.7. The predicted octanol–water partition coefficient (Wildman–Crippen LogP) is 3.35. The Morgan fingerprint density at radius 3 is 2.80 bits per heavy atom. The van der Waals surface area contributed by atoms with Crippen molar-refractivity contribution in [3.05, 3.63) is 35.9 Å². The van der Waals surface area contributed by atoms with Gasteiger partial charge in [0.2, 0.25) is 11.7 Å². The summed E-state index contributed by atoms with van der Waals surface area (Å²) in [6.45, 7) is 2.44. The molecule has 0 saturated heterocycles. The number of nitrogens with one attached hydrogen (secondary N) is 1. The van der Waals surface area contributed by atoms with Gasteiger partial charge < -0.3 is 20.7 Å². The van der Waals surface area contributed by atoms with Crippen molar-refractivity contribution < 1.29 is 14.3 Å². The van der Waals surface area contributed by atoms with Crippen molar-refractivity contribution in [2.75, 3.05) is 12.3 Å². The lowest BCUT2D eigenvalue weighted by atomic mass is 10.0. The van der Waals surface area contributed by atoms with Gasteiger partial charge in [-0.05, 0) is 63.5 Å². The Hall–Kier alpha value is -3.51. The highest BCUT2D eigenvalue weighted by Crippen LogP contribution is 2.41. The van der Waals surface area contributed by atoms with E-state index in [0.29, 0.717) is 41.9 Å². The van der Waals surface area contributed by atoms with Crippen LogP contribution in [0.4, 0.5) is 10.2 Å². The van der Waals surface area contributed by atoms with Crippen molar-refractivity contribution in [3.63, 3.8) is 0 Å². The van der Waals surface area contributed by atoms with E-state index in [1.807, 2.05) is 11.5 Å². The molecule has 2 saturated carbocycles. The average molecular weight is 477 g/mol. The van der Waals surface area contributed by atoms with E-state index in [4.69, 9.17) is 10.7 Å². The molecule has 5 rings (SSSR count). The molecule has 3 aromatic rings. The number of hydrogen-bond acceptors (Lipinski definition) is 6. The van der Waals surface area contributed by atoms with Crippen molar-refractivity contribution in [3.8, 4) is 23.2 Å². The summed E-state index contributed by atoms with van der Waals surface area (Å²) in [6, 6.07) is 5.96. The summed E-state index contributed by atoms with van der Waals surface area (Å²) >= 11 is 0. The van der Waals surface area contributed by atoms with Crippen LogP contribution in [0.5, 0.6) is 0 Å². The highest BCUT2D eigenvalue weighted by atomic mass is 19.1. The van der Waals surface area contributed by atoms with Crippen LogP contribution in [0.2, 0.25) is 0 Å². The summed E-state index contributed by atoms with van der Waals surface area (Å²) in [4.78, 5) is 26.6. The normalized spacial score (nSPS) is 21.1. The molecular weight excluding hydrogens is 447 g/mol. The Bertz CT molecular complexity index is 1330. The number of nitrogen functional groups attached to an aromatic ring is 1. The van der Waals surface area contributed by atoms with E-state index < -0.39 is 5.60 Å². The molecule has 8 nitrogen and oxygen atoms in total. The highest BCUT2D eigenvalue weighted by molar-refractivity contribution is 5.87. The molecule has 0 aliphatic heterocycles. The number of amides is 1. The number of nitrogens with two attached hydrogens (primary N) is 1. The molecule has 0 bridgehead atoms. The van der Waals surface area contributed by atoms with Gasteiger partial charge in [-0.15, -0.1) is 0 Å². The first-order chi connectivity index (χ1) is 16.9. The summed E-state index contributed by atoms with van der Waals surface area (Å²) in [6.07, 6.45) is 5.46. The maximum atomic E-state index is 14.2. The van der Waals surface area contributed by atoms with Gasteiger partial charge >= 0.3 is 0 Å². The number of rotatable bonds is 4. The quantitative estimate of drug-likeness (QED) is 0.497. The zero-order valence-corrected chi connectivity index (χ0v) is 19.7. The van der Waals surface area contributed by atoms with Crippen LogP contribution >= 0.6 is 0 Å². The van der Waals surface area contributed by atoms with Crippen LogP contribution in [0.15, 0.2) is 24.3 Å². The number of carbonyl (C=O) groups is 1. The largest absolute Gasteiger partial charge is 0.382 e. The molecule has 2 fully saturated rings. The molecule has 2 aliphatic rings. The van der Waals surface area contributed by atoms with E-state index >= 15 is 0 Å². The van der Waals surface area contributed by atoms with Crippen LogP contribution in [0.1, 0.15) is 63.7 Å². The number of nitrogens with zero attached hydrogens (tertiary/aromatic N) is 4. The molecule has 0 radical (unpaired) electrons. The van der Waals surface area contributed by atoms with Gasteiger partial charge in [-0.1, -0.05) is 24.5 Å². The number of aliphatic hydroxyl groups is 1. The topological polar surface area (TPSA) is 119 Å². The lowest BCUT2D eigenvalue weighted by Gasteiger charge is -2.23. The smallest absolute Gasteiger partial charge is 0.225 e. The van der Waals surface area contributed by atoms with Crippen LogP contribution in [0.3, 0.4) is 0 Å². The van der Waals surface area contributed by atoms with Crippen molar-refractivity contribution in [2.24, 2.45) is 5.92 Å². The van der Waals surface area contributed by atoms with E-state index in [-0.39, 0.29) is 35.3 Å². The standard InChI is InChI=1S/C26H29FN6O2/c1-2-29-25(34)18-9-6-10-19(18)33-23(16-7-5-8-17(27)15-16)32-21-22(28)30-20(31-24(21)33)11-14-26(35)12-3-4-13-26/h5,7-8,15,18-19,35H,2-4,6,9-10,12-13H2,1H3,(H,29,34)(H2,28,30,31). The third-order valence-electron chi connectivity index (χ3n) is 6.99. The average Bonchev–Trinajstić information content (AvgIpc) is 3.56. The van der Waals surface area contributed by atoms with Crippen LogP contribution in [-0.4, -0.2) is 42.7 Å². The zero-order chi connectivity index (χ0) is 24.6. The SMILES string of the molecule is CCNC(=O)C1CCCC1n1c(-c2cccc(F)c2)nc2c(N)nc(C#CC3(O)CCCC3)nc21. The molecule has 2 aliphatic carbocycles. The second kappa shape index (κ2) is 9.27. The number of aromatic nitrogens is 4. The molecule has 182 valence electrons. The second-order valence-corrected chi connectivity index (χ2v) is 9.41. The van der Waals surface area contributed by atoms with Crippen molar-refractivity contribution in [1.29, 1.82) is 0 Å². The first kappa shape index (κ1) is 23.2. The summed E-state index contributed by atoms with van der Waals surface area (Å²) in [5, 5.41) is 13.6. The highest BCUT2D eigenvalue weighted by Gasteiger charge is 2.37. The number of anilines is 1. The molecule has 1 amide bonds. The van der Waals surface area contributed by atoms with E-state index in [0.717, 1.165) is 32.1 Å². The van der Waals surface area contributed by atoms with Crippen LogP contribution in [-0.2, 0) is 4.79 Å². The van der Waals surface area contributed by atoms with Crippen molar-refractivity contribution in [2.45, 2.75) is 63.5 Å². The number of carbonyl (C=O) groups excluding carboxylic acids is 1. The van der Waals surface area contributed by atoms with Crippen LogP contribution in [0, 0.1) is 23.6 Å². The van der Waals surface area contributed by atoms with Crippen molar-refractivity contribution in [1.82, 2.24) is 24.8 Å². The first-order valence-electron chi connectivity index (χ1n) is 12.2. The molecule has 4 N–H and O–H groups in total. The van der Waals surface area contributed by atoms with Crippen molar-refractivity contribution >= 4 is 22.9 Å². The van der Waals surface area contributed by atoms with Gasteiger partial charge in [0.15, 0.2) is 17.0 Å². The first-order valence-corrected chi connectivity index (χ1v) is 12.2. The van der Waals surface area contributed by atoms with E-state index in [1.54, 1.807) is 12.1 Å². The third kappa shape index (κ3) is 4.46. The van der Waals surface area contributed by atoms with E-state index in [2.05, 4.69) is 27.1 Å². The summed E-state index contributed by atoms with van der Waals surface area (Å²) in [5.41, 5.74) is 6.67. The minimum Gasteiger partial charge on any atom is -0.382 e. The van der Waals surface area contributed by atoms with E-state index in [9.17, 15) is 14.3 Å². The van der Waals surface area contributed by atoms with Gasteiger partial charge in [-0.3, -0.25) is 4.79 Å². The Labute approximate surface area is 203 Å². The second-order valence-electron chi connectivity index (χ2n) is 9.41. The summed E-state index contributed by atoms with van der Waals surface area (Å²) < 4.78 is 16.1. The molecule has 9 heteroatoms. The number of imidazole rings is 1. The fourth-order valence-electron chi connectivity index (χ4n) is 5.31. The molecule has 2 atom stereocenters. The third-order valence-corrected chi connectivity index (χ3v) is 6.99. The Kier molecular flexibility index (Phi) is 6.15. The lowest BCUT2D eigenvalue weighted by Crippen LogP contribution is -2.33. The predicted molar refractivity (Wildman–Crippen MR) is 130 cm³/mol. The van der Waals surface area contributed by atoms with Crippen LogP contribution < -0.4 is 11.1 Å². The van der Waals surface area contributed by atoms with Crippen LogP contribution in [0.25, 0.3) is 22.6 Å². The number of benzene rings is 1. The Morgan fingerprint density at radius 1 is 1.26 bits per heavy atom. The molecular formula is C26H29FN6O2. The summed E-state index contributed by atoms with van der Waals surface area (Å²) in [5.74, 6) is 5.99. The van der Waals surface area contributed by atoms with Gasteiger partial charge in [0.1, 0.15) is 17.2 Å². The molecule has 0 spiro atoms. The molecule has 2 aromatic heterocycles. The Morgan fingerprint density at radius 2 is 2.06 bits per heavy atom. The molecule has 35 heavy (non-hydrogen) atoms. The number of halogens is 1. The summed E-state index contributed by atoms with van der Waals surface area (Å²) in [7, 11) is 0.